The second kappa shape index (κ2) is 68.1. The maximum Gasteiger partial charge on any atom is 0.290 e. The Morgan fingerprint density at radius 2 is 1.11 bits per heavy atom. The van der Waals surface area contributed by atoms with E-state index in [1.165, 1.54) is 0 Å². The summed E-state index contributed by atoms with van der Waals surface area (Å²) < 4.78 is 0. The van der Waals surface area contributed by atoms with Crippen LogP contribution in [0, 0.1) is 0 Å². The quantitative estimate of drug-likeness (QED) is 0.232. The number of hydrogen-bond acceptors (Lipinski definition) is 4. The number of hydrogen-bond donors (Lipinski definition) is 4. The fourth-order valence-corrected chi connectivity index (χ4v) is 0. The molecule has 0 rings (SSSR count). The maximum atomic E-state index is 8.36. The largest absolute Gasteiger partial charge is 0.483 e. The van der Waals surface area contributed by atoms with E-state index in [0.717, 1.165) is 0 Å². The Balaban J connectivity index is -0.0000000600. The fraction of sp³-hybridized carbons (Fsp3) is 0.333. The summed E-state index contributed by atoms with van der Waals surface area (Å²) in [6, 6.07) is 0. The molecule has 0 fully saturated rings. The van der Waals surface area contributed by atoms with Crippen molar-refractivity contribution >= 4 is 12.9 Å². The minimum Gasteiger partial charge on any atom is -0.483 e. The van der Waals surface area contributed by atoms with Crippen LogP contribution in [0.25, 0.3) is 0 Å². The molecule has 0 spiro atoms. The van der Waals surface area contributed by atoms with Gasteiger partial charge in [-0.05, 0) is 0 Å². The van der Waals surface area contributed by atoms with Crippen LogP contribution in [0.2, 0.25) is 0 Å². The molecule has 6 nitrogen and oxygen atoms in total. The first-order valence-electron chi connectivity index (χ1n) is 1.80. The number of carbonyl (C=O) groups is 2. The first kappa shape index (κ1) is 15.7. The Hall–Kier alpha value is -1.14. The Morgan fingerprint density at radius 1 is 1.11 bits per heavy atom. The summed E-state index contributed by atoms with van der Waals surface area (Å²) in [6.45, 7) is -0.250. The van der Waals surface area contributed by atoms with E-state index in [1.807, 2.05) is 0 Å². The molecule has 0 saturated heterocycles. The summed E-state index contributed by atoms with van der Waals surface area (Å²) in [7, 11) is 0. The summed E-state index contributed by atoms with van der Waals surface area (Å²) >= 11 is 0. The normalized spacial score (nSPS) is 4.67. The Bertz CT molecular complexity index is 43.1. The van der Waals surface area contributed by atoms with E-state index >= 15 is 0 Å². The van der Waals surface area contributed by atoms with Crippen molar-refractivity contribution in [3.63, 3.8) is 0 Å². The van der Waals surface area contributed by atoms with Gasteiger partial charge in [0.05, 0.1) is 0 Å². The van der Waals surface area contributed by atoms with E-state index in [2.05, 4.69) is 11.5 Å². The molecule has 0 saturated carbocycles. The molecular weight excluding hydrogens is 128 g/mol. The zero-order chi connectivity index (χ0) is 8.12. The lowest BCUT2D eigenvalue weighted by molar-refractivity contribution is -0.123. The van der Waals surface area contributed by atoms with Crippen LogP contribution in [0.1, 0.15) is 0 Å². The summed E-state index contributed by atoms with van der Waals surface area (Å²) in [6.07, 6.45) is 0. The SMILES string of the molecule is NCN.O=CO.O=CO. The molecule has 0 radical (unpaired) electrons. The predicted octanol–water partition coefficient (Wildman–Crippen LogP) is -1.74. The molecular formula is C3H10N2O4. The number of nitrogens with two attached hydrogens (primary N) is 2. The summed E-state index contributed by atoms with van der Waals surface area (Å²) in [5, 5.41) is 13.8. The van der Waals surface area contributed by atoms with Gasteiger partial charge in [-0.25, -0.2) is 0 Å². The van der Waals surface area contributed by atoms with Gasteiger partial charge in [0.2, 0.25) is 0 Å². The molecule has 0 aromatic rings. The van der Waals surface area contributed by atoms with E-state index in [9.17, 15) is 0 Å². The Morgan fingerprint density at radius 3 is 1.11 bits per heavy atom. The van der Waals surface area contributed by atoms with Gasteiger partial charge in [0.15, 0.2) is 0 Å². The summed E-state index contributed by atoms with van der Waals surface area (Å²) in [4.78, 5) is 16.7. The minimum absolute atomic E-state index is 0.250. The van der Waals surface area contributed by atoms with Crippen LogP contribution in [0.4, 0.5) is 0 Å². The highest BCUT2D eigenvalue weighted by Gasteiger charge is 1.29. The van der Waals surface area contributed by atoms with Crippen molar-refractivity contribution in [2.75, 3.05) is 6.67 Å². The molecule has 0 heterocycles. The molecule has 6 N–H and O–H groups in total. The van der Waals surface area contributed by atoms with Crippen LogP contribution >= 0.6 is 0 Å². The van der Waals surface area contributed by atoms with Crippen molar-refractivity contribution in [2.45, 2.75) is 0 Å². The van der Waals surface area contributed by atoms with Crippen molar-refractivity contribution in [1.29, 1.82) is 0 Å². The second-order valence-electron chi connectivity index (χ2n) is 0.447. The van der Waals surface area contributed by atoms with Gasteiger partial charge in [-0.15, -0.1) is 0 Å². The van der Waals surface area contributed by atoms with Crippen LogP contribution in [0.15, 0.2) is 0 Å². The molecule has 6 heteroatoms. The predicted molar refractivity (Wildman–Crippen MR) is 30.6 cm³/mol. The van der Waals surface area contributed by atoms with Crippen molar-refractivity contribution in [3.05, 3.63) is 0 Å². The third kappa shape index (κ3) is 125. The van der Waals surface area contributed by atoms with Gasteiger partial charge in [0.1, 0.15) is 0 Å². The molecule has 0 aromatic heterocycles. The molecule has 0 bridgehead atoms. The first-order chi connectivity index (χ1) is 4.24. The van der Waals surface area contributed by atoms with Gasteiger partial charge >= 0.3 is 0 Å². The molecule has 9 heavy (non-hydrogen) atoms. The molecule has 56 valence electrons. The van der Waals surface area contributed by atoms with Crippen LogP contribution in [-0.4, -0.2) is 29.8 Å². The average molecular weight is 138 g/mol. The third-order valence-corrected chi connectivity index (χ3v) is 0. The van der Waals surface area contributed by atoms with Gasteiger partial charge in [-0.1, -0.05) is 0 Å². The lowest BCUT2D eigenvalue weighted by Gasteiger charge is -1.56. The van der Waals surface area contributed by atoms with Gasteiger partial charge in [-0.3, -0.25) is 9.59 Å². The molecule has 0 unspecified atom stereocenters. The molecule has 0 amide bonds. The molecule has 0 atom stereocenters. The van der Waals surface area contributed by atoms with E-state index in [4.69, 9.17) is 19.8 Å². The molecule has 0 aliphatic rings. The van der Waals surface area contributed by atoms with Crippen molar-refractivity contribution in [3.8, 4) is 0 Å². The van der Waals surface area contributed by atoms with Gasteiger partial charge in [0.25, 0.3) is 12.9 Å². The van der Waals surface area contributed by atoms with Crippen molar-refractivity contribution < 1.29 is 19.8 Å². The zero-order valence-electron chi connectivity index (χ0n) is 4.73. The number of rotatable bonds is 0. The smallest absolute Gasteiger partial charge is 0.290 e. The van der Waals surface area contributed by atoms with Crippen molar-refractivity contribution in [1.82, 2.24) is 0 Å². The third-order valence-electron chi connectivity index (χ3n) is 0. The zero-order valence-corrected chi connectivity index (χ0v) is 4.73. The van der Waals surface area contributed by atoms with E-state index < -0.39 is 0 Å². The summed E-state index contributed by atoms with van der Waals surface area (Å²) in [5.74, 6) is 0. The average Bonchev–Trinajstić information content (AvgIpc) is 1.70. The van der Waals surface area contributed by atoms with Gasteiger partial charge in [-0.2, -0.15) is 0 Å². The monoisotopic (exact) mass is 138 g/mol. The first-order valence-corrected chi connectivity index (χ1v) is 1.80. The molecule has 0 aliphatic carbocycles. The second-order valence-corrected chi connectivity index (χ2v) is 0.447. The van der Waals surface area contributed by atoms with Crippen LogP contribution in [-0.2, 0) is 9.59 Å². The highest BCUT2D eigenvalue weighted by molar-refractivity contribution is 5.32. The Labute approximate surface area is 52.1 Å². The highest BCUT2D eigenvalue weighted by atomic mass is 16.3. The lowest BCUT2D eigenvalue weighted by atomic mass is 11.3. The van der Waals surface area contributed by atoms with Crippen molar-refractivity contribution in [2.24, 2.45) is 11.5 Å². The Kier molecular flexibility index (Phi) is 118. The molecule has 0 aliphatic heterocycles. The van der Waals surface area contributed by atoms with E-state index in [0.29, 0.717) is 0 Å². The lowest BCUT2D eigenvalue weighted by Crippen LogP contribution is -2.08. The standard InChI is InChI=1S/CH6N2.2CH2O2/c3*2-1-3/h1-3H2;2*1H,(H,2,3). The highest BCUT2D eigenvalue weighted by Crippen LogP contribution is 0.969. The fourth-order valence-electron chi connectivity index (χ4n) is 0. The topological polar surface area (TPSA) is 127 Å². The van der Waals surface area contributed by atoms with Crippen LogP contribution in [0.5, 0.6) is 0 Å². The minimum atomic E-state index is -0.250. The van der Waals surface area contributed by atoms with E-state index in [-0.39, 0.29) is 19.6 Å². The van der Waals surface area contributed by atoms with Gasteiger partial charge < -0.3 is 21.7 Å². The maximum absolute atomic E-state index is 8.36. The van der Waals surface area contributed by atoms with Gasteiger partial charge in [0, 0.05) is 6.67 Å². The van der Waals surface area contributed by atoms with E-state index in [1.54, 1.807) is 0 Å². The number of carboxylic acid groups (broad SMARTS) is 2. The summed E-state index contributed by atoms with van der Waals surface area (Å²) in [5.41, 5.74) is 9.25. The van der Waals surface area contributed by atoms with Crippen LogP contribution in [0.3, 0.4) is 0 Å². The van der Waals surface area contributed by atoms with Crippen LogP contribution < -0.4 is 11.5 Å². The molecule has 0 aromatic carbocycles.